The van der Waals surface area contributed by atoms with Crippen LogP contribution in [0.3, 0.4) is 0 Å². The summed E-state index contributed by atoms with van der Waals surface area (Å²) in [5.41, 5.74) is 1.47. The van der Waals surface area contributed by atoms with E-state index in [0.717, 1.165) is 5.69 Å². The average molecular weight is 304 g/mol. The Kier molecular flexibility index (Phi) is 5.45. The van der Waals surface area contributed by atoms with E-state index >= 15 is 0 Å². The molecule has 6 heteroatoms. The molecule has 0 bridgehead atoms. The average Bonchev–Trinajstić information content (AvgIpc) is 2.95. The summed E-state index contributed by atoms with van der Waals surface area (Å²) in [5.74, 6) is -0.395. The summed E-state index contributed by atoms with van der Waals surface area (Å²) in [6.07, 6.45) is 1.75. The van der Waals surface area contributed by atoms with Crippen LogP contribution in [0.15, 0.2) is 35.7 Å². The minimum Gasteiger partial charge on any atom is -0.469 e. The third kappa shape index (κ3) is 4.68. The van der Waals surface area contributed by atoms with E-state index in [-0.39, 0.29) is 11.9 Å². The maximum atomic E-state index is 12.0. The van der Waals surface area contributed by atoms with Gasteiger partial charge in [0.25, 0.3) is 5.91 Å². The minimum atomic E-state index is -0.220. The molecule has 1 aromatic heterocycles. The Morgan fingerprint density at radius 1 is 1.29 bits per heavy atom. The van der Waals surface area contributed by atoms with E-state index in [1.54, 1.807) is 12.1 Å². The predicted octanol–water partition coefficient (Wildman–Crippen LogP) is 2.89. The van der Waals surface area contributed by atoms with E-state index in [9.17, 15) is 9.59 Å². The van der Waals surface area contributed by atoms with Gasteiger partial charge in [0, 0.05) is 17.4 Å². The van der Waals surface area contributed by atoms with Crippen LogP contribution < -0.4 is 5.32 Å². The number of methoxy groups -OCH3 is 1. The van der Waals surface area contributed by atoms with Crippen molar-refractivity contribution >= 4 is 28.3 Å². The van der Waals surface area contributed by atoms with Crippen LogP contribution in [0.1, 0.15) is 28.9 Å². The first-order valence-electron chi connectivity index (χ1n) is 6.56. The Morgan fingerprint density at radius 2 is 2.05 bits per heavy atom. The van der Waals surface area contributed by atoms with Gasteiger partial charge >= 0.3 is 5.97 Å². The van der Waals surface area contributed by atoms with Crippen molar-refractivity contribution in [1.29, 1.82) is 0 Å². The van der Waals surface area contributed by atoms with Crippen LogP contribution in [0.5, 0.6) is 0 Å². The maximum Gasteiger partial charge on any atom is 0.305 e. The number of aryl methyl sites for hydroxylation is 1. The number of amides is 1. The van der Waals surface area contributed by atoms with Crippen LogP contribution in [0.4, 0.5) is 5.13 Å². The Hall–Kier alpha value is -2.21. The zero-order chi connectivity index (χ0) is 15.1. The molecule has 1 amide bonds. The summed E-state index contributed by atoms with van der Waals surface area (Å²) in [7, 11) is 1.38. The number of thiazole rings is 1. The molecule has 0 aliphatic rings. The van der Waals surface area contributed by atoms with Gasteiger partial charge in [-0.1, -0.05) is 18.2 Å². The molecule has 2 rings (SSSR count). The van der Waals surface area contributed by atoms with Crippen molar-refractivity contribution in [2.45, 2.75) is 19.3 Å². The SMILES string of the molecule is COC(=O)CCCc1csc(NC(=O)c2ccccc2)n1. The number of carbonyl (C=O) groups excluding carboxylic acids is 2. The Balaban J connectivity index is 1.85. The summed E-state index contributed by atoms with van der Waals surface area (Å²) >= 11 is 1.38. The number of hydrogen-bond donors (Lipinski definition) is 1. The molecule has 0 fully saturated rings. The Morgan fingerprint density at radius 3 is 2.76 bits per heavy atom. The zero-order valence-corrected chi connectivity index (χ0v) is 12.5. The first-order chi connectivity index (χ1) is 10.2. The fourth-order valence-corrected chi connectivity index (χ4v) is 2.49. The van der Waals surface area contributed by atoms with E-state index < -0.39 is 0 Å². The number of nitrogens with one attached hydrogen (secondary N) is 1. The van der Waals surface area contributed by atoms with E-state index in [0.29, 0.717) is 30.0 Å². The van der Waals surface area contributed by atoms with E-state index in [1.165, 1.54) is 18.4 Å². The molecular formula is C15H16N2O3S. The van der Waals surface area contributed by atoms with E-state index in [2.05, 4.69) is 15.0 Å². The lowest BCUT2D eigenvalue weighted by atomic mass is 10.2. The largest absolute Gasteiger partial charge is 0.469 e. The van der Waals surface area contributed by atoms with Crippen molar-refractivity contribution in [3.63, 3.8) is 0 Å². The van der Waals surface area contributed by atoms with Gasteiger partial charge in [-0.3, -0.25) is 14.9 Å². The zero-order valence-electron chi connectivity index (χ0n) is 11.7. The fraction of sp³-hybridized carbons (Fsp3) is 0.267. The van der Waals surface area contributed by atoms with Gasteiger partial charge in [-0.25, -0.2) is 4.98 Å². The third-order valence-corrected chi connectivity index (χ3v) is 3.66. The molecule has 110 valence electrons. The van der Waals surface area contributed by atoms with E-state index in [1.807, 2.05) is 23.6 Å². The second-order valence-corrected chi connectivity index (χ2v) is 5.25. The molecule has 21 heavy (non-hydrogen) atoms. The molecule has 0 saturated carbocycles. The fourth-order valence-electron chi connectivity index (χ4n) is 1.75. The molecular weight excluding hydrogens is 288 g/mol. The highest BCUT2D eigenvalue weighted by atomic mass is 32.1. The van der Waals surface area contributed by atoms with Crippen molar-refractivity contribution < 1.29 is 14.3 Å². The van der Waals surface area contributed by atoms with Gasteiger partial charge in [-0.15, -0.1) is 11.3 Å². The maximum absolute atomic E-state index is 12.0. The Labute approximate surface area is 127 Å². The molecule has 1 aromatic carbocycles. The van der Waals surface area contributed by atoms with Gasteiger partial charge in [0.05, 0.1) is 12.8 Å². The van der Waals surface area contributed by atoms with Crippen molar-refractivity contribution in [1.82, 2.24) is 4.98 Å². The number of rotatable bonds is 6. The highest BCUT2D eigenvalue weighted by molar-refractivity contribution is 7.13. The topological polar surface area (TPSA) is 68.3 Å². The molecule has 0 spiro atoms. The number of nitrogens with zero attached hydrogens (tertiary/aromatic N) is 1. The lowest BCUT2D eigenvalue weighted by Crippen LogP contribution is -2.11. The summed E-state index contributed by atoms with van der Waals surface area (Å²) in [6, 6.07) is 8.99. The van der Waals surface area contributed by atoms with Crippen LogP contribution >= 0.6 is 11.3 Å². The second kappa shape index (κ2) is 7.54. The normalized spacial score (nSPS) is 10.1. The molecule has 0 atom stereocenters. The third-order valence-electron chi connectivity index (χ3n) is 2.85. The highest BCUT2D eigenvalue weighted by Gasteiger charge is 2.09. The number of carbonyl (C=O) groups is 2. The van der Waals surface area contributed by atoms with Crippen LogP contribution in [0.25, 0.3) is 0 Å². The summed E-state index contributed by atoms with van der Waals surface area (Å²) in [4.78, 5) is 27.3. The van der Waals surface area contributed by atoms with Gasteiger partial charge in [-0.2, -0.15) is 0 Å². The number of anilines is 1. The number of esters is 1. The van der Waals surface area contributed by atoms with Gasteiger partial charge < -0.3 is 4.74 Å². The molecule has 0 saturated heterocycles. The standard InChI is InChI=1S/C15H16N2O3S/c1-20-13(18)9-5-8-12-10-21-15(16-12)17-14(19)11-6-3-2-4-7-11/h2-4,6-7,10H,5,8-9H2,1H3,(H,16,17,19). The van der Waals surface area contributed by atoms with Crippen LogP contribution in [-0.2, 0) is 16.0 Å². The number of aromatic nitrogens is 1. The van der Waals surface area contributed by atoms with Crippen molar-refractivity contribution in [2.24, 2.45) is 0 Å². The van der Waals surface area contributed by atoms with Crippen LogP contribution in [-0.4, -0.2) is 24.0 Å². The van der Waals surface area contributed by atoms with Crippen molar-refractivity contribution in [3.05, 3.63) is 47.0 Å². The van der Waals surface area contributed by atoms with Gasteiger partial charge in [0.15, 0.2) is 5.13 Å². The van der Waals surface area contributed by atoms with Crippen molar-refractivity contribution in [3.8, 4) is 0 Å². The minimum absolute atomic E-state index is 0.175. The Bertz CT molecular complexity index is 610. The molecule has 5 nitrogen and oxygen atoms in total. The molecule has 0 unspecified atom stereocenters. The molecule has 0 aliphatic carbocycles. The first kappa shape index (κ1) is 15.2. The van der Waals surface area contributed by atoms with Crippen molar-refractivity contribution in [2.75, 3.05) is 12.4 Å². The van der Waals surface area contributed by atoms with Gasteiger partial charge in [0.2, 0.25) is 0 Å². The smallest absolute Gasteiger partial charge is 0.305 e. The van der Waals surface area contributed by atoms with Crippen LogP contribution in [0, 0.1) is 0 Å². The predicted molar refractivity (Wildman–Crippen MR) is 81.5 cm³/mol. The molecule has 1 N–H and O–H groups in total. The second-order valence-electron chi connectivity index (χ2n) is 4.39. The summed E-state index contributed by atoms with van der Waals surface area (Å²) < 4.78 is 4.58. The number of hydrogen-bond acceptors (Lipinski definition) is 5. The van der Waals surface area contributed by atoms with Crippen LogP contribution in [0.2, 0.25) is 0 Å². The van der Waals surface area contributed by atoms with Gasteiger partial charge in [0.1, 0.15) is 0 Å². The van der Waals surface area contributed by atoms with Gasteiger partial charge in [-0.05, 0) is 25.0 Å². The number of benzene rings is 1. The number of ether oxygens (including phenoxy) is 1. The van der Waals surface area contributed by atoms with E-state index in [4.69, 9.17) is 0 Å². The quantitative estimate of drug-likeness (QED) is 0.833. The lowest BCUT2D eigenvalue weighted by molar-refractivity contribution is -0.140. The lowest BCUT2D eigenvalue weighted by Gasteiger charge is -2.01. The molecule has 2 aromatic rings. The molecule has 0 aliphatic heterocycles. The monoisotopic (exact) mass is 304 g/mol. The highest BCUT2D eigenvalue weighted by Crippen LogP contribution is 2.18. The molecule has 0 radical (unpaired) electrons. The summed E-state index contributed by atoms with van der Waals surface area (Å²) in [5, 5.41) is 5.22. The summed E-state index contributed by atoms with van der Waals surface area (Å²) in [6.45, 7) is 0. The first-order valence-corrected chi connectivity index (χ1v) is 7.44. The molecule has 1 heterocycles.